The summed E-state index contributed by atoms with van der Waals surface area (Å²) in [5.74, 6) is -0.192. The summed E-state index contributed by atoms with van der Waals surface area (Å²) in [6, 6.07) is 12.5. The monoisotopic (exact) mass is 579 g/mol. The first kappa shape index (κ1) is 29.0. The Morgan fingerprint density at radius 3 is 2.78 bits per heavy atom. The highest BCUT2D eigenvalue weighted by Crippen LogP contribution is 2.36. The average molecular weight is 580 g/mol. The van der Waals surface area contributed by atoms with Gasteiger partial charge in [-0.15, -0.1) is 0 Å². The molecule has 5 rings (SSSR count). The molecule has 8 nitrogen and oxygen atoms in total. The Kier molecular flexibility index (Phi) is 9.17. The maximum Gasteiger partial charge on any atom is 0.344 e. The molecule has 1 amide bonds. The quantitative estimate of drug-likeness (QED) is 0.260. The Morgan fingerprint density at radius 1 is 1.24 bits per heavy atom. The number of H-pyrrole nitrogens is 1. The van der Waals surface area contributed by atoms with Gasteiger partial charge >= 0.3 is 5.69 Å². The second kappa shape index (κ2) is 13.0. The number of carbonyl (C=O) groups excluding carboxylic acids is 1. The van der Waals surface area contributed by atoms with Gasteiger partial charge in [-0.05, 0) is 55.0 Å². The van der Waals surface area contributed by atoms with Crippen LogP contribution in [0.1, 0.15) is 42.9 Å². The molecule has 1 saturated heterocycles. The number of nitrogens with two attached hydrogens (primary N) is 1. The molecule has 0 spiro atoms. The largest absolute Gasteiger partial charge is 0.385 e. The minimum atomic E-state index is -0.385. The number of nitrogens with zero attached hydrogens (tertiary/aromatic N) is 3. The van der Waals surface area contributed by atoms with E-state index >= 15 is 0 Å². The summed E-state index contributed by atoms with van der Waals surface area (Å²) in [6.07, 6.45) is 6.52. The zero-order valence-corrected chi connectivity index (χ0v) is 23.9. The Bertz CT molecular complexity index is 1550. The van der Waals surface area contributed by atoms with Crippen molar-refractivity contribution in [1.29, 1.82) is 0 Å². The Balaban J connectivity index is 1.25. The molecule has 2 aromatic carbocycles. The first-order chi connectivity index (χ1) is 19.8. The van der Waals surface area contributed by atoms with Gasteiger partial charge in [0.05, 0.1) is 10.5 Å². The topological polar surface area (TPSA) is 106 Å². The highest BCUT2D eigenvalue weighted by molar-refractivity contribution is 6.35. The summed E-state index contributed by atoms with van der Waals surface area (Å²) < 4.78 is 22.1. The Morgan fingerprint density at radius 2 is 2.05 bits per heavy atom. The van der Waals surface area contributed by atoms with E-state index in [1.54, 1.807) is 19.4 Å². The van der Waals surface area contributed by atoms with Crippen LogP contribution in [0, 0.1) is 5.82 Å². The zero-order valence-electron chi connectivity index (χ0n) is 23.1. The lowest BCUT2D eigenvalue weighted by atomic mass is 9.93. The summed E-state index contributed by atoms with van der Waals surface area (Å²) in [6.45, 7) is 2.49. The molecule has 1 fully saturated rings. The standard InChI is InChI=1S/C31H35ClFN5O3/c1-41-13-3-12-38-28(16-25-27(33)10-9-26(32)30(25)38)22-4-2-11-37(19-22)29(39)15-24(34)14-20-5-7-21(8-6-20)23-17-35-31(40)36-18-23/h5-10,16-18,22,24H,2-4,11-15,19,34H2,1H3,(H,35,36,40). The number of likely N-dealkylation sites (tertiary alicyclic amines) is 1. The number of ether oxygens (including phenoxy) is 1. The molecule has 0 saturated carbocycles. The SMILES string of the molecule is COCCCn1c(C2CCCN(C(=O)CC(N)Cc3ccc(-c4cnc(=O)[nH]c4)cc3)C2)cc2c(F)ccc(Cl)c21. The smallest absolute Gasteiger partial charge is 0.344 e. The highest BCUT2D eigenvalue weighted by atomic mass is 35.5. The lowest BCUT2D eigenvalue weighted by Crippen LogP contribution is -2.42. The summed E-state index contributed by atoms with van der Waals surface area (Å²) in [7, 11) is 1.66. The third kappa shape index (κ3) is 6.69. The maximum atomic E-state index is 14.8. The van der Waals surface area contributed by atoms with Gasteiger partial charge in [0, 0.05) is 80.8 Å². The summed E-state index contributed by atoms with van der Waals surface area (Å²) in [5, 5.41) is 1.03. The second-order valence-corrected chi connectivity index (χ2v) is 11.1. The van der Waals surface area contributed by atoms with E-state index in [0.29, 0.717) is 48.6 Å². The second-order valence-electron chi connectivity index (χ2n) is 10.7. The van der Waals surface area contributed by atoms with Gasteiger partial charge in [0.25, 0.3) is 0 Å². The lowest BCUT2D eigenvalue weighted by Gasteiger charge is -2.34. The van der Waals surface area contributed by atoms with Crippen molar-refractivity contribution in [2.45, 2.75) is 50.6 Å². The van der Waals surface area contributed by atoms with Crippen molar-refractivity contribution in [1.82, 2.24) is 19.4 Å². The van der Waals surface area contributed by atoms with Crippen LogP contribution in [0.15, 0.2) is 59.7 Å². The van der Waals surface area contributed by atoms with Crippen LogP contribution in [0.5, 0.6) is 0 Å². The first-order valence-electron chi connectivity index (χ1n) is 14.0. The van der Waals surface area contributed by atoms with Crippen molar-refractivity contribution in [2.24, 2.45) is 5.73 Å². The number of aryl methyl sites for hydroxylation is 1. The molecule has 10 heteroatoms. The predicted molar refractivity (Wildman–Crippen MR) is 159 cm³/mol. The number of aromatic amines is 1. The number of rotatable bonds is 10. The molecule has 2 aromatic heterocycles. The molecule has 2 unspecified atom stereocenters. The van der Waals surface area contributed by atoms with Crippen molar-refractivity contribution < 1.29 is 13.9 Å². The lowest BCUT2D eigenvalue weighted by molar-refractivity contribution is -0.132. The first-order valence-corrected chi connectivity index (χ1v) is 14.3. The molecule has 1 aliphatic heterocycles. The molecule has 2 atom stereocenters. The Hall–Kier alpha value is -3.53. The molecule has 41 heavy (non-hydrogen) atoms. The van der Waals surface area contributed by atoms with E-state index < -0.39 is 0 Å². The van der Waals surface area contributed by atoms with Crippen molar-refractivity contribution >= 4 is 28.4 Å². The number of benzene rings is 2. The van der Waals surface area contributed by atoms with E-state index in [0.717, 1.165) is 41.6 Å². The van der Waals surface area contributed by atoms with Crippen LogP contribution < -0.4 is 11.4 Å². The molecule has 0 bridgehead atoms. The van der Waals surface area contributed by atoms with Crippen LogP contribution in [-0.2, 0) is 22.5 Å². The van der Waals surface area contributed by atoms with Crippen molar-refractivity contribution in [2.75, 3.05) is 26.8 Å². The van der Waals surface area contributed by atoms with Gasteiger partial charge in [-0.1, -0.05) is 35.9 Å². The third-order valence-corrected chi connectivity index (χ3v) is 8.11. The van der Waals surface area contributed by atoms with Gasteiger partial charge in [0.1, 0.15) is 5.82 Å². The van der Waals surface area contributed by atoms with Gasteiger partial charge in [0.15, 0.2) is 0 Å². The summed E-state index contributed by atoms with van der Waals surface area (Å²) >= 11 is 6.53. The molecule has 3 N–H and O–H groups in total. The maximum absolute atomic E-state index is 14.8. The Labute approximate surface area is 243 Å². The molecule has 216 valence electrons. The van der Waals surface area contributed by atoms with E-state index in [9.17, 15) is 14.0 Å². The fourth-order valence-corrected chi connectivity index (χ4v) is 6.04. The van der Waals surface area contributed by atoms with Crippen molar-refractivity contribution in [3.8, 4) is 11.1 Å². The number of piperidine rings is 1. The van der Waals surface area contributed by atoms with Gasteiger partial charge in [0.2, 0.25) is 5.91 Å². The minimum Gasteiger partial charge on any atom is -0.385 e. The normalized spacial score (nSPS) is 16.3. The molecule has 3 heterocycles. The van der Waals surface area contributed by atoms with Crippen LogP contribution in [-0.4, -0.2) is 58.2 Å². The predicted octanol–water partition coefficient (Wildman–Crippen LogP) is 4.89. The number of methoxy groups -OCH3 is 1. The number of aromatic nitrogens is 3. The zero-order chi connectivity index (χ0) is 28.9. The number of hydrogen-bond acceptors (Lipinski definition) is 5. The van der Waals surface area contributed by atoms with Crippen LogP contribution in [0.2, 0.25) is 5.02 Å². The minimum absolute atomic E-state index is 0.0318. The van der Waals surface area contributed by atoms with Crippen molar-refractivity contribution in [3.63, 3.8) is 0 Å². The number of carbonyl (C=O) groups is 1. The third-order valence-electron chi connectivity index (χ3n) is 7.81. The number of hydrogen-bond donors (Lipinski definition) is 2. The van der Waals surface area contributed by atoms with E-state index in [1.165, 1.54) is 12.3 Å². The number of amides is 1. The van der Waals surface area contributed by atoms with E-state index in [2.05, 4.69) is 14.5 Å². The molecule has 0 radical (unpaired) electrons. The van der Waals surface area contributed by atoms with E-state index in [1.807, 2.05) is 35.2 Å². The van der Waals surface area contributed by atoms with Gasteiger partial charge < -0.3 is 24.9 Å². The molecular formula is C31H35ClFN5O3. The molecule has 4 aromatic rings. The van der Waals surface area contributed by atoms with Gasteiger partial charge in [-0.3, -0.25) is 4.79 Å². The van der Waals surface area contributed by atoms with Gasteiger partial charge in [-0.2, -0.15) is 0 Å². The van der Waals surface area contributed by atoms with Crippen molar-refractivity contribution in [3.05, 3.63) is 87.4 Å². The number of nitrogens with one attached hydrogen (secondary N) is 1. The number of fused-ring (bicyclic) bond motifs is 1. The van der Waals surface area contributed by atoms with Gasteiger partial charge in [-0.25, -0.2) is 14.2 Å². The highest BCUT2D eigenvalue weighted by Gasteiger charge is 2.29. The fraction of sp³-hybridized carbons (Fsp3) is 0.387. The molecule has 0 aliphatic carbocycles. The fourth-order valence-electron chi connectivity index (χ4n) is 5.78. The van der Waals surface area contributed by atoms with Crippen LogP contribution >= 0.6 is 11.6 Å². The van der Waals surface area contributed by atoms with E-state index in [4.69, 9.17) is 22.1 Å². The molecule has 1 aliphatic rings. The summed E-state index contributed by atoms with van der Waals surface area (Å²) in [5.41, 5.74) is 10.5. The van der Waals surface area contributed by atoms with Crippen LogP contribution in [0.25, 0.3) is 22.0 Å². The van der Waals surface area contributed by atoms with E-state index in [-0.39, 0.29) is 35.8 Å². The summed E-state index contributed by atoms with van der Waals surface area (Å²) in [4.78, 5) is 32.8. The molecular weight excluding hydrogens is 545 g/mol. The van der Waals surface area contributed by atoms with Crippen LogP contribution in [0.4, 0.5) is 4.39 Å². The van der Waals surface area contributed by atoms with Crippen LogP contribution in [0.3, 0.4) is 0 Å². The average Bonchev–Trinajstić information content (AvgIpc) is 3.37. The number of halogens is 2.